The molecule has 2 atom stereocenters. The van der Waals surface area contributed by atoms with Crippen LogP contribution >= 0.6 is 11.3 Å². The van der Waals surface area contributed by atoms with Crippen LogP contribution in [-0.4, -0.2) is 96.6 Å². The lowest BCUT2D eigenvalue weighted by atomic mass is 9.84. The number of nitrogens with two attached hydrogens (primary N) is 2. The van der Waals surface area contributed by atoms with Crippen LogP contribution in [0.2, 0.25) is 0 Å². The number of carbonyl (C=O) groups excluding carboxylic acids is 2. The minimum absolute atomic E-state index is 0.0418. The van der Waals surface area contributed by atoms with E-state index in [1.165, 1.54) is 36.1 Å². The van der Waals surface area contributed by atoms with Crippen molar-refractivity contribution in [3.8, 4) is 11.6 Å². The third-order valence-electron chi connectivity index (χ3n) is 6.52. The van der Waals surface area contributed by atoms with Gasteiger partial charge in [0.15, 0.2) is 10.8 Å². The normalized spacial score (nSPS) is 16.9. The lowest BCUT2D eigenvalue weighted by Gasteiger charge is -2.50. The minimum Gasteiger partial charge on any atom is -0.487 e. The number of nitrogens with zero attached hydrogens (tertiary/aromatic N) is 6. The lowest BCUT2D eigenvalue weighted by molar-refractivity contribution is -0.218. The van der Waals surface area contributed by atoms with Crippen molar-refractivity contribution in [2.75, 3.05) is 18.9 Å². The van der Waals surface area contributed by atoms with Crippen molar-refractivity contribution in [3.63, 3.8) is 0 Å². The molecule has 2 amide bonds. The van der Waals surface area contributed by atoms with Crippen molar-refractivity contribution in [1.29, 1.82) is 5.41 Å². The molecule has 1 saturated heterocycles. The first kappa shape index (κ1) is 34.0. The molecule has 248 valence electrons. The molecule has 1 aliphatic rings. The van der Waals surface area contributed by atoms with E-state index >= 15 is 0 Å². The van der Waals surface area contributed by atoms with Crippen molar-refractivity contribution in [2.24, 2.45) is 10.9 Å². The van der Waals surface area contributed by atoms with E-state index in [0.29, 0.717) is 30.4 Å². The highest BCUT2D eigenvalue weighted by molar-refractivity contribution is 7.80. The molecular formula is C24H30N10O10S2. The van der Waals surface area contributed by atoms with Crippen molar-refractivity contribution in [1.82, 2.24) is 29.5 Å². The molecule has 1 fully saturated rings. The molecule has 0 spiro atoms. The van der Waals surface area contributed by atoms with Gasteiger partial charge in [-0.1, -0.05) is 5.16 Å². The lowest BCUT2D eigenvalue weighted by Crippen LogP contribution is -2.76. The number of aromatic nitrogens is 4. The van der Waals surface area contributed by atoms with Crippen LogP contribution in [0.25, 0.3) is 5.82 Å². The number of carboxylic acids is 1. The molecule has 8 N–H and O–H groups in total. The van der Waals surface area contributed by atoms with E-state index in [4.69, 9.17) is 31.0 Å². The van der Waals surface area contributed by atoms with E-state index in [1.807, 2.05) is 0 Å². The Balaban J connectivity index is 1.45. The number of nitrogens with one attached hydrogen (secondary N) is 2. The molecule has 0 bridgehead atoms. The monoisotopic (exact) mass is 682 g/mol. The number of carboxylic acid groups (broad SMARTS) is 1. The fourth-order valence-electron chi connectivity index (χ4n) is 4.11. The summed E-state index contributed by atoms with van der Waals surface area (Å²) in [4.78, 5) is 50.9. The van der Waals surface area contributed by atoms with Gasteiger partial charge in [0.25, 0.3) is 17.9 Å². The predicted octanol–water partition coefficient (Wildman–Crippen LogP) is -1.37. The maximum absolute atomic E-state index is 13.2. The topological polar surface area (TPSA) is 293 Å². The maximum Gasteiger partial charge on any atom is 0.418 e. The molecule has 22 heteroatoms. The fraction of sp³-hybridized carbons (Fsp3) is 0.375. The van der Waals surface area contributed by atoms with Crippen LogP contribution in [0.1, 0.15) is 26.0 Å². The van der Waals surface area contributed by atoms with Crippen molar-refractivity contribution >= 4 is 50.4 Å². The summed E-state index contributed by atoms with van der Waals surface area (Å²) in [5, 5.41) is 25.8. The summed E-state index contributed by atoms with van der Waals surface area (Å²) in [5.74, 6) is -2.96. The highest BCUT2D eigenvalue weighted by atomic mass is 32.3. The van der Waals surface area contributed by atoms with Crippen molar-refractivity contribution in [3.05, 3.63) is 47.4 Å². The smallest absolute Gasteiger partial charge is 0.418 e. The van der Waals surface area contributed by atoms with E-state index < -0.39 is 58.2 Å². The third-order valence-corrected chi connectivity index (χ3v) is 7.53. The van der Waals surface area contributed by atoms with Crippen LogP contribution in [0.3, 0.4) is 0 Å². The summed E-state index contributed by atoms with van der Waals surface area (Å²) in [6.07, 6.45) is 3.69. The fourth-order valence-corrected chi connectivity index (χ4v) is 5.11. The summed E-state index contributed by atoms with van der Waals surface area (Å²) in [6.45, 7) is 3.18. The third kappa shape index (κ3) is 7.66. The first-order valence-corrected chi connectivity index (χ1v) is 15.5. The Morgan fingerprint density at radius 1 is 1.30 bits per heavy atom. The zero-order chi connectivity index (χ0) is 33.8. The molecule has 4 rings (SSSR count). The highest BCUT2D eigenvalue weighted by Gasteiger charge is 2.58. The van der Waals surface area contributed by atoms with Crippen LogP contribution in [0.4, 0.5) is 5.13 Å². The van der Waals surface area contributed by atoms with Crippen LogP contribution in [-0.2, 0) is 40.4 Å². The number of hydrogen-bond donors (Lipinski definition) is 6. The molecule has 20 nitrogen and oxygen atoms in total. The molecule has 2 unspecified atom stereocenters. The van der Waals surface area contributed by atoms with Gasteiger partial charge >= 0.3 is 16.4 Å². The van der Waals surface area contributed by atoms with Gasteiger partial charge < -0.3 is 36.0 Å². The Morgan fingerprint density at radius 3 is 2.61 bits per heavy atom. The van der Waals surface area contributed by atoms with Crippen LogP contribution < -0.4 is 27.1 Å². The van der Waals surface area contributed by atoms with Gasteiger partial charge in [0.2, 0.25) is 5.62 Å². The van der Waals surface area contributed by atoms with E-state index in [2.05, 4.69) is 24.7 Å². The molecule has 1 aliphatic heterocycles. The number of imidazole rings is 1. The van der Waals surface area contributed by atoms with E-state index in [-0.39, 0.29) is 22.2 Å². The zero-order valence-corrected chi connectivity index (χ0v) is 25.9. The number of aliphatic carboxylic acids is 1. The largest absolute Gasteiger partial charge is 0.487 e. The maximum atomic E-state index is 13.2. The number of hydroxylamine groups is 2. The van der Waals surface area contributed by atoms with Gasteiger partial charge in [0, 0.05) is 24.3 Å². The average molecular weight is 683 g/mol. The molecule has 3 aromatic rings. The number of hydrogen-bond acceptors (Lipinski definition) is 15. The summed E-state index contributed by atoms with van der Waals surface area (Å²) in [7, 11) is -5.03. The van der Waals surface area contributed by atoms with Gasteiger partial charge in [0.1, 0.15) is 29.9 Å². The number of amides is 2. The Hall–Kier alpha value is -4.90. The molecule has 46 heavy (non-hydrogen) atoms. The van der Waals surface area contributed by atoms with Gasteiger partial charge in [-0.05, 0) is 38.9 Å². The SMILES string of the molecule is CC1(C)C(NC(=O)C(=NOC(COc2ccc(-n3ccn(CCCN)c3=N)nc2)C(=O)O)c2csc(N)n2)C(=O)N1OS(=O)(=O)O. The second-order valence-corrected chi connectivity index (χ2v) is 12.0. The van der Waals surface area contributed by atoms with Gasteiger partial charge in [-0.25, -0.2) is 14.8 Å². The Labute approximate surface area is 264 Å². The van der Waals surface area contributed by atoms with Gasteiger partial charge in [-0.15, -0.1) is 15.6 Å². The molecule has 0 aliphatic carbocycles. The second kappa shape index (κ2) is 13.6. The summed E-state index contributed by atoms with van der Waals surface area (Å²) >= 11 is 0.942. The highest BCUT2D eigenvalue weighted by Crippen LogP contribution is 2.33. The quantitative estimate of drug-likeness (QED) is 0.0467. The number of nitrogen functional groups attached to an aromatic ring is 1. The summed E-state index contributed by atoms with van der Waals surface area (Å²) < 4.78 is 44.1. The van der Waals surface area contributed by atoms with E-state index in [9.17, 15) is 27.9 Å². The van der Waals surface area contributed by atoms with Crippen LogP contribution in [0, 0.1) is 5.41 Å². The van der Waals surface area contributed by atoms with Crippen molar-refractivity contribution in [2.45, 2.75) is 44.5 Å². The average Bonchev–Trinajstić information content (AvgIpc) is 3.59. The molecule has 3 aromatic heterocycles. The number of rotatable bonds is 15. The van der Waals surface area contributed by atoms with Crippen LogP contribution in [0.5, 0.6) is 5.75 Å². The van der Waals surface area contributed by atoms with Crippen LogP contribution in [0.15, 0.2) is 41.3 Å². The zero-order valence-electron chi connectivity index (χ0n) is 24.3. The molecule has 0 saturated carbocycles. The van der Waals surface area contributed by atoms with Gasteiger partial charge in [-0.3, -0.25) is 24.1 Å². The molecule has 0 radical (unpaired) electrons. The standard InChI is InChI=1S/C24H30N10O10S2/c1-24(2)18(20(36)34(24)44-46(39,40)41)30-19(35)17(14-12-45-22(26)29-14)31-43-15(21(37)38)11-42-13-4-5-16(28-10-13)33-9-8-32(23(33)27)7-3-6-25/h4-5,8-10,12,15,18,27H,3,6-7,11,25H2,1-2H3,(H2,26,29)(H,30,35)(H,37,38)(H,39,40,41). The number of aryl methyl sites for hydroxylation is 1. The number of ether oxygens (including phenoxy) is 1. The van der Waals surface area contributed by atoms with E-state index in [0.717, 1.165) is 11.3 Å². The first-order chi connectivity index (χ1) is 21.6. The van der Waals surface area contributed by atoms with Crippen molar-refractivity contribution < 1.29 is 46.3 Å². The van der Waals surface area contributed by atoms with Gasteiger partial charge in [0.05, 0.1) is 11.7 Å². The number of carbonyl (C=O) groups is 3. The molecule has 4 heterocycles. The number of oxime groups is 1. The predicted molar refractivity (Wildman–Crippen MR) is 158 cm³/mol. The molecule has 0 aromatic carbocycles. The second-order valence-electron chi connectivity index (χ2n) is 10.1. The Kier molecular flexibility index (Phi) is 10.1. The minimum atomic E-state index is -5.03. The number of thiazole rings is 1. The number of anilines is 1. The summed E-state index contributed by atoms with van der Waals surface area (Å²) in [6, 6.07) is 1.73. The molecular weight excluding hydrogens is 652 g/mol. The summed E-state index contributed by atoms with van der Waals surface area (Å²) in [5.41, 5.74) is 9.30. The number of β-lactam (4-membered cyclic amide) rings is 1. The van der Waals surface area contributed by atoms with E-state index in [1.54, 1.807) is 23.0 Å². The van der Waals surface area contributed by atoms with Gasteiger partial charge in [-0.2, -0.15) is 13.5 Å². The number of pyridine rings is 1. The Morgan fingerprint density at radius 2 is 2.04 bits per heavy atom. The first-order valence-electron chi connectivity index (χ1n) is 13.2. The Bertz CT molecular complexity index is 1800.